The lowest BCUT2D eigenvalue weighted by atomic mass is 10.0. The average Bonchev–Trinajstić information content (AvgIpc) is 3.16. The van der Waals surface area contributed by atoms with E-state index in [0.29, 0.717) is 21.9 Å². The number of amides is 1. The van der Waals surface area contributed by atoms with Gasteiger partial charge in [0, 0.05) is 22.8 Å². The van der Waals surface area contributed by atoms with Crippen LogP contribution in [0.15, 0.2) is 24.5 Å². The molecule has 4 nitrogen and oxygen atoms in total. The molecule has 0 fully saturated rings. The van der Waals surface area contributed by atoms with E-state index in [9.17, 15) is 9.59 Å². The molecule has 1 aliphatic rings. The Morgan fingerprint density at radius 1 is 1.38 bits per heavy atom. The molecule has 126 valence electrons. The quantitative estimate of drug-likeness (QED) is 0.600. The molecule has 1 N–H and O–H groups in total. The van der Waals surface area contributed by atoms with Crippen LogP contribution in [0.25, 0.3) is 0 Å². The summed E-state index contributed by atoms with van der Waals surface area (Å²) in [5.74, 6) is 1.32. The van der Waals surface area contributed by atoms with Gasteiger partial charge in [0.1, 0.15) is 5.00 Å². The number of carbonyl (C=O) groups excluding carboxylic acids is 2. The van der Waals surface area contributed by atoms with Crippen molar-refractivity contribution < 1.29 is 9.59 Å². The summed E-state index contributed by atoms with van der Waals surface area (Å²) in [6.45, 7) is 2.10. The zero-order valence-corrected chi connectivity index (χ0v) is 15.3. The Morgan fingerprint density at radius 3 is 3.00 bits per heavy atom. The maximum Gasteiger partial charge on any atom is 0.234 e. The van der Waals surface area contributed by atoms with Gasteiger partial charge in [0.05, 0.1) is 11.3 Å². The molecule has 0 saturated carbocycles. The van der Waals surface area contributed by atoms with Crippen molar-refractivity contribution >= 4 is 39.8 Å². The van der Waals surface area contributed by atoms with Gasteiger partial charge in [-0.3, -0.25) is 14.6 Å². The summed E-state index contributed by atoms with van der Waals surface area (Å²) in [5.41, 5.74) is 2.36. The number of nitrogens with one attached hydrogen (secondary N) is 1. The van der Waals surface area contributed by atoms with Crippen LogP contribution in [-0.2, 0) is 17.6 Å². The molecular weight excluding hydrogens is 340 g/mol. The second-order valence-electron chi connectivity index (χ2n) is 5.73. The number of pyridine rings is 1. The van der Waals surface area contributed by atoms with Crippen LogP contribution >= 0.6 is 23.1 Å². The summed E-state index contributed by atoms with van der Waals surface area (Å²) >= 11 is 3.18. The van der Waals surface area contributed by atoms with Crippen LogP contribution < -0.4 is 5.32 Å². The molecule has 3 rings (SSSR count). The van der Waals surface area contributed by atoms with E-state index in [-0.39, 0.29) is 11.7 Å². The van der Waals surface area contributed by atoms with Crippen molar-refractivity contribution in [3.05, 3.63) is 46.1 Å². The lowest BCUT2D eigenvalue weighted by Gasteiger charge is -2.08. The van der Waals surface area contributed by atoms with Crippen LogP contribution in [-0.4, -0.2) is 28.2 Å². The minimum atomic E-state index is -0.0426. The molecule has 0 aromatic carbocycles. The first-order chi connectivity index (χ1) is 11.7. The van der Waals surface area contributed by atoms with E-state index in [0.717, 1.165) is 37.0 Å². The first-order valence-electron chi connectivity index (χ1n) is 8.17. The monoisotopic (exact) mass is 360 g/mol. The van der Waals surface area contributed by atoms with Crippen LogP contribution in [0.3, 0.4) is 0 Å². The Bertz CT molecular complexity index is 741. The van der Waals surface area contributed by atoms with E-state index in [1.165, 1.54) is 4.88 Å². The van der Waals surface area contributed by atoms with Gasteiger partial charge < -0.3 is 5.32 Å². The van der Waals surface area contributed by atoms with Crippen molar-refractivity contribution in [1.82, 2.24) is 4.98 Å². The Kier molecular flexibility index (Phi) is 5.68. The van der Waals surface area contributed by atoms with Gasteiger partial charge in [-0.2, -0.15) is 11.8 Å². The van der Waals surface area contributed by atoms with E-state index in [1.807, 2.05) is 0 Å². The number of anilines is 1. The molecule has 2 aromatic heterocycles. The van der Waals surface area contributed by atoms with Crippen LogP contribution in [0.2, 0.25) is 0 Å². The number of aromatic nitrogens is 1. The zero-order chi connectivity index (χ0) is 16.9. The molecule has 0 radical (unpaired) electrons. The molecule has 0 saturated heterocycles. The molecule has 24 heavy (non-hydrogen) atoms. The number of aryl methyl sites for hydroxylation is 1. The Morgan fingerprint density at radius 2 is 2.25 bits per heavy atom. The second-order valence-corrected chi connectivity index (χ2v) is 7.94. The highest BCUT2D eigenvalue weighted by Crippen LogP contribution is 2.40. The predicted molar refractivity (Wildman–Crippen MR) is 100 cm³/mol. The summed E-state index contributed by atoms with van der Waals surface area (Å²) in [4.78, 5) is 30.4. The summed E-state index contributed by atoms with van der Waals surface area (Å²) < 4.78 is 0. The summed E-state index contributed by atoms with van der Waals surface area (Å²) in [6, 6.07) is 3.54. The molecule has 1 aliphatic carbocycles. The number of rotatable bonds is 7. The van der Waals surface area contributed by atoms with E-state index < -0.39 is 0 Å². The van der Waals surface area contributed by atoms with Crippen molar-refractivity contribution in [3.8, 4) is 0 Å². The number of hydrogen-bond donors (Lipinski definition) is 1. The molecule has 0 atom stereocenters. The Balaban J connectivity index is 1.85. The minimum absolute atomic E-state index is 0.0337. The third-order valence-electron chi connectivity index (χ3n) is 3.91. The summed E-state index contributed by atoms with van der Waals surface area (Å²) in [5, 5.41) is 3.67. The van der Waals surface area contributed by atoms with E-state index >= 15 is 0 Å². The number of thiophene rings is 1. The molecule has 2 aromatic rings. The molecule has 0 spiro atoms. The number of hydrogen-bond acceptors (Lipinski definition) is 5. The third-order valence-corrected chi connectivity index (χ3v) is 6.28. The highest BCUT2D eigenvalue weighted by Gasteiger charge is 2.28. The average molecular weight is 361 g/mol. The summed E-state index contributed by atoms with van der Waals surface area (Å²) in [6.07, 6.45) is 7.28. The summed E-state index contributed by atoms with van der Waals surface area (Å²) in [7, 11) is 0. The van der Waals surface area contributed by atoms with Gasteiger partial charge in [0.2, 0.25) is 5.91 Å². The zero-order valence-electron chi connectivity index (χ0n) is 13.6. The highest BCUT2D eigenvalue weighted by atomic mass is 32.2. The lowest BCUT2D eigenvalue weighted by Crippen LogP contribution is -2.16. The molecular formula is C18H20N2O2S2. The van der Waals surface area contributed by atoms with Crippen LogP contribution in [0.5, 0.6) is 0 Å². The topological polar surface area (TPSA) is 59.1 Å². The van der Waals surface area contributed by atoms with Crippen LogP contribution in [0.1, 0.15) is 46.1 Å². The molecule has 1 amide bonds. The number of nitrogens with zero attached hydrogens (tertiary/aromatic N) is 1. The van der Waals surface area contributed by atoms with E-state index in [2.05, 4.69) is 17.2 Å². The molecule has 0 unspecified atom stereocenters. The third kappa shape index (κ3) is 3.70. The fourth-order valence-corrected chi connectivity index (χ4v) is 4.84. The molecule has 6 heteroatoms. The van der Waals surface area contributed by atoms with E-state index in [1.54, 1.807) is 47.6 Å². The number of ketones is 1. The lowest BCUT2D eigenvalue weighted by molar-refractivity contribution is -0.113. The Hall–Kier alpha value is -1.66. The maximum absolute atomic E-state index is 12.9. The standard InChI is InChI=1S/C18H20N2O2S2/c1-2-9-23-11-15(21)20-18-16(13-6-3-7-14(13)24-18)17(22)12-5-4-8-19-10-12/h4-5,8,10H,2-3,6-7,9,11H2,1H3,(H,20,21). The van der Waals surface area contributed by atoms with Gasteiger partial charge in [-0.05, 0) is 49.1 Å². The van der Waals surface area contributed by atoms with Gasteiger partial charge in [0.15, 0.2) is 5.78 Å². The molecule has 0 bridgehead atoms. The molecule has 0 aliphatic heterocycles. The maximum atomic E-state index is 12.9. The largest absolute Gasteiger partial charge is 0.316 e. The van der Waals surface area contributed by atoms with Crippen LogP contribution in [0.4, 0.5) is 5.00 Å². The fraction of sp³-hybridized carbons (Fsp3) is 0.389. The minimum Gasteiger partial charge on any atom is -0.316 e. The fourth-order valence-electron chi connectivity index (χ4n) is 2.85. The van der Waals surface area contributed by atoms with Crippen molar-refractivity contribution in [2.24, 2.45) is 0 Å². The number of carbonyl (C=O) groups is 2. The highest BCUT2D eigenvalue weighted by molar-refractivity contribution is 7.99. The van der Waals surface area contributed by atoms with Crippen molar-refractivity contribution in [2.45, 2.75) is 32.6 Å². The Labute approximate surface area is 150 Å². The van der Waals surface area contributed by atoms with Gasteiger partial charge >= 0.3 is 0 Å². The smallest absolute Gasteiger partial charge is 0.234 e. The van der Waals surface area contributed by atoms with Gasteiger partial charge in [-0.25, -0.2) is 0 Å². The van der Waals surface area contributed by atoms with Gasteiger partial charge in [-0.1, -0.05) is 6.92 Å². The van der Waals surface area contributed by atoms with Gasteiger partial charge in [0.25, 0.3) is 0 Å². The number of fused-ring (bicyclic) bond motifs is 1. The first kappa shape index (κ1) is 17.2. The van der Waals surface area contributed by atoms with Crippen LogP contribution in [0, 0.1) is 0 Å². The SMILES string of the molecule is CCCSCC(=O)Nc1sc2c(c1C(=O)c1cccnc1)CCC2. The normalized spacial score (nSPS) is 12.9. The number of thioether (sulfide) groups is 1. The predicted octanol–water partition coefficient (Wildman–Crippen LogP) is 3.94. The first-order valence-corrected chi connectivity index (χ1v) is 10.1. The van der Waals surface area contributed by atoms with Crippen molar-refractivity contribution in [3.63, 3.8) is 0 Å². The second kappa shape index (κ2) is 7.94. The van der Waals surface area contributed by atoms with Gasteiger partial charge in [-0.15, -0.1) is 11.3 Å². The van der Waals surface area contributed by atoms with Crippen molar-refractivity contribution in [1.29, 1.82) is 0 Å². The van der Waals surface area contributed by atoms with E-state index in [4.69, 9.17) is 0 Å². The van der Waals surface area contributed by atoms with Crippen molar-refractivity contribution in [2.75, 3.05) is 16.8 Å². The molecule has 2 heterocycles.